The van der Waals surface area contributed by atoms with Crippen LogP contribution in [0.3, 0.4) is 0 Å². The summed E-state index contributed by atoms with van der Waals surface area (Å²) in [7, 11) is 1.54. The van der Waals surface area contributed by atoms with Gasteiger partial charge in [0.25, 0.3) is 0 Å². The van der Waals surface area contributed by atoms with Crippen molar-refractivity contribution in [2.45, 2.75) is 6.61 Å². The lowest BCUT2D eigenvalue weighted by atomic mass is 10.1. The van der Waals surface area contributed by atoms with Crippen molar-refractivity contribution in [2.75, 3.05) is 13.7 Å². The fraction of sp³-hybridized carbons (Fsp3) is 0.143. The molecule has 6 nitrogen and oxygen atoms in total. The van der Waals surface area contributed by atoms with Crippen LogP contribution >= 0.6 is 0 Å². The number of Topliss-reactive ketones (excluding diaryl/α,β-unsaturated/α-hetero) is 1. The molecule has 1 aromatic heterocycles. The number of carbonyl (C=O) groups excluding carboxylic acids is 2. The maximum atomic E-state index is 12.1. The van der Waals surface area contributed by atoms with Gasteiger partial charge in [-0.1, -0.05) is 18.2 Å². The molecule has 0 unspecified atom stereocenters. The van der Waals surface area contributed by atoms with Gasteiger partial charge in [0.2, 0.25) is 5.76 Å². The van der Waals surface area contributed by atoms with Crippen molar-refractivity contribution in [3.63, 3.8) is 0 Å². The Kier molecular flexibility index (Phi) is 5.89. The van der Waals surface area contributed by atoms with Crippen molar-refractivity contribution < 1.29 is 28.2 Å². The number of carbonyl (C=O) groups is 2. The molecule has 0 N–H and O–H groups in total. The topological polar surface area (TPSA) is 75.0 Å². The number of hydrogen-bond acceptors (Lipinski definition) is 6. The predicted molar refractivity (Wildman–Crippen MR) is 97.1 cm³/mol. The normalized spacial score (nSPS) is 10.3. The highest BCUT2D eigenvalue weighted by atomic mass is 16.5. The summed E-state index contributed by atoms with van der Waals surface area (Å²) < 4.78 is 21.0. The third-order valence-corrected chi connectivity index (χ3v) is 3.73. The summed E-state index contributed by atoms with van der Waals surface area (Å²) in [6.45, 7) is -0.191. The molecule has 3 rings (SSSR count). The van der Waals surface area contributed by atoms with Crippen molar-refractivity contribution in [3.05, 3.63) is 83.8 Å². The van der Waals surface area contributed by atoms with Gasteiger partial charge < -0.3 is 18.6 Å². The fourth-order valence-electron chi connectivity index (χ4n) is 2.30. The van der Waals surface area contributed by atoms with E-state index in [-0.39, 0.29) is 24.8 Å². The van der Waals surface area contributed by atoms with Gasteiger partial charge in [0, 0.05) is 5.56 Å². The lowest BCUT2D eigenvalue weighted by Crippen LogP contribution is -2.13. The van der Waals surface area contributed by atoms with Crippen LogP contribution in [0, 0.1) is 0 Å². The molecule has 0 aliphatic rings. The molecular formula is C21H18O6. The SMILES string of the molecule is COc1ccc(C(=O)COC(=O)c2ccc(COc3ccccc3)o2)cc1. The average Bonchev–Trinajstić information content (AvgIpc) is 3.20. The Bertz CT molecular complexity index is 896. The molecule has 138 valence electrons. The average molecular weight is 366 g/mol. The van der Waals surface area contributed by atoms with Crippen molar-refractivity contribution in [1.29, 1.82) is 0 Å². The molecule has 0 bridgehead atoms. The number of hydrogen-bond donors (Lipinski definition) is 0. The van der Waals surface area contributed by atoms with Crippen LogP contribution in [0.2, 0.25) is 0 Å². The molecule has 0 spiro atoms. The van der Waals surface area contributed by atoms with Gasteiger partial charge in [-0.3, -0.25) is 4.79 Å². The molecule has 0 aliphatic heterocycles. The van der Waals surface area contributed by atoms with Crippen LogP contribution in [0.4, 0.5) is 0 Å². The number of methoxy groups -OCH3 is 1. The molecule has 0 amide bonds. The molecule has 27 heavy (non-hydrogen) atoms. The second-order valence-electron chi connectivity index (χ2n) is 5.60. The highest BCUT2D eigenvalue weighted by Crippen LogP contribution is 2.15. The number of ketones is 1. The van der Waals surface area contributed by atoms with E-state index in [1.807, 2.05) is 30.3 Å². The zero-order valence-corrected chi connectivity index (χ0v) is 14.7. The smallest absolute Gasteiger partial charge is 0.374 e. The molecule has 0 saturated heterocycles. The molecule has 0 fully saturated rings. The zero-order chi connectivity index (χ0) is 19.1. The zero-order valence-electron chi connectivity index (χ0n) is 14.7. The largest absolute Gasteiger partial charge is 0.497 e. The maximum absolute atomic E-state index is 12.1. The summed E-state index contributed by atoms with van der Waals surface area (Å²) in [5.74, 6) is 0.817. The second-order valence-corrected chi connectivity index (χ2v) is 5.60. The quantitative estimate of drug-likeness (QED) is 0.444. The van der Waals surface area contributed by atoms with Crippen LogP contribution in [0.5, 0.6) is 11.5 Å². The molecule has 6 heteroatoms. The van der Waals surface area contributed by atoms with Crippen molar-refractivity contribution in [3.8, 4) is 11.5 Å². The number of esters is 1. The Labute approximate surface area is 156 Å². The number of rotatable bonds is 8. The maximum Gasteiger partial charge on any atom is 0.374 e. The van der Waals surface area contributed by atoms with Crippen LogP contribution in [-0.4, -0.2) is 25.5 Å². The standard InChI is InChI=1S/C21H18O6/c1-24-16-9-7-15(8-10-16)19(22)14-26-21(23)20-12-11-18(27-20)13-25-17-5-3-2-4-6-17/h2-12H,13-14H2,1H3. The summed E-state index contributed by atoms with van der Waals surface area (Å²) in [5, 5.41) is 0. The first-order valence-electron chi connectivity index (χ1n) is 8.26. The Morgan fingerprint density at radius 2 is 1.63 bits per heavy atom. The van der Waals surface area contributed by atoms with E-state index in [0.29, 0.717) is 22.8 Å². The van der Waals surface area contributed by atoms with Gasteiger partial charge in [-0.05, 0) is 48.5 Å². The van der Waals surface area contributed by atoms with E-state index in [1.165, 1.54) is 6.07 Å². The minimum atomic E-state index is -0.706. The van der Waals surface area contributed by atoms with Gasteiger partial charge >= 0.3 is 5.97 Å². The third kappa shape index (κ3) is 4.98. The lowest BCUT2D eigenvalue weighted by molar-refractivity contribution is 0.0440. The third-order valence-electron chi connectivity index (χ3n) is 3.73. The molecule has 0 saturated carbocycles. The molecule has 1 heterocycles. The van der Waals surface area contributed by atoms with E-state index in [0.717, 1.165) is 0 Å². The van der Waals surface area contributed by atoms with Crippen LogP contribution in [-0.2, 0) is 11.3 Å². The van der Waals surface area contributed by atoms with Crippen molar-refractivity contribution >= 4 is 11.8 Å². The minimum Gasteiger partial charge on any atom is -0.497 e. The van der Waals surface area contributed by atoms with Crippen molar-refractivity contribution in [2.24, 2.45) is 0 Å². The van der Waals surface area contributed by atoms with E-state index in [4.69, 9.17) is 18.6 Å². The van der Waals surface area contributed by atoms with E-state index < -0.39 is 5.97 Å². The van der Waals surface area contributed by atoms with Gasteiger partial charge in [-0.15, -0.1) is 0 Å². The van der Waals surface area contributed by atoms with Gasteiger partial charge in [0.15, 0.2) is 12.4 Å². The Morgan fingerprint density at radius 1 is 0.889 bits per heavy atom. The van der Waals surface area contributed by atoms with Crippen molar-refractivity contribution in [1.82, 2.24) is 0 Å². The Balaban J connectivity index is 1.50. The van der Waals surface area contributed by atoms with E-state index >= 15 is 0 Å². The Hall–Kier alpha value is -3.54. The van der Waals surface area contributed by atoms with Crippen LogP contribution in [0.15, 0.2) is 71.1 Å². The highest BCUT2D eigenvalue weighted by Gasteiger charge is 2.16. The first-order valence-corrected chi connectivity index (χ1v) is 8.26. The fourth-order valence-corrected chi connectivity index (χ4v) is 2.30. The lowest BCUT2D eigenvalue weighted by Gasteiger charge is -2.04. The minimum absolute atomic E-state index is 0.0178. The van der Waals surface area contributed by atoms with Crippen LogP contribution < -0.4 is 9.47 Å². The van der Waals surface area contributed by atoms with Crippen LogP contribution in [0.25, 0.3) is 0 Å². The number of benzene rings is 2. The number of ether oxygens (including phenoxy) is 3. The molecule has 0 atom stereocenters. The highest BCUT2D eigenvalue weighted by molar-refractivity contribution is 5.99. The summed E-state index contributed by atoms with van der Waals surface area (Å²) >= 11 is 0. The molecule has 0 radical (unpaired) electrons. The number of para-hydroxylation sites is 1. The summed E-state index contributed by atoms with van der Waals surface area (Å²) in [6.07, 6.45) is 0. The predicted octanol–water partition coefficient (Wildman–Crippen LogP) is 3.91. The van der Waals surface area contributed by atoms with E-state index in [9.17, 15) is 9.59 Å². The summed E-state index contributed by atoms with van der Waals surface area (Å²) in [4.78, 5) is 24.1. The first kappa shape index (κ1) is 18.3. The summed E-state index contributed by atoms with van der Waals surface area (Å²) in [5.41, 5.74) is 0.431. The molecule has 3 aromatic rings. The summed E-state index contributed by atoms with van der Waals surface area (Å²) in [6, 6.07) is 18.9. The molecular weight excluding hydrogens is 348 g/mol. The van der Waals surface area contributed by atoms with Gasteiger partial charge in [-0.25, -0.2) is 4.79 Å². The first-order chi connectivity index (χ1) is 13.2. The van der Waals surface area contributed by atoms with E-state index in [1.54, 1.807) is 37.4 Å². The number of furan rings is 1. The van der Waals surface area contributed by atoms with E-state index in [2.05, 4.69) is 0 Å². The van der Waals surface area contributed by atoms with Gasteiger partial charge in [-0.2, -0.15) is 0 Å². The van der Waals surface area contributed by atoms with Gasteiger partial charge in [0.05, 0.1) is 7.11 Å². The monoisotopic (exact) mass is 366 g/mol. The van der Waals surface area contributed by atoms with Gasteiger partial charge in [0.1, 0.15) is 23.9 Å². The molecule has 0 aliphatic carbocycles. The van der Waals surface area contributed by atoms with Crippen LogP contribution in [0.1, 0.15) is 26.7 Å². The second kappa shape index (κ2) is 8.71. The Morgan fingerprint density at radius 3 is 2.33 bits per heavy atom. The molecule has 2 aromatic carbocycles.